The molecule has 0 unspecified atom stereocenters. The van der Waals surface area contributed by atoms with Gasteiger partial charge >= 0.3 is 0 Å². The van der Waals surface area contributed by atoms with Crippen LogP contribution < -0.4 is 5.43 Å². The van der Waals surface area contributed by atoms with E-state index in [2.05, 4.69) is 20.3 Å². The van der Waals surface area contributed by atoms with Crippen LogP contribution in [0.4, 0.5) is 5.69 Å². The molecule has 31 heavy (non-hydrogen) atoms. The summed E-state index contributed by atoms with van der Waals surface area (Å²) in [6.07, 6.45) is 4.53. The number of hydrogen-bond donors (Lipinski definition) is 1. The van der Waals surface area contributed by atoms with Crippen LogP contribution in [0.3, 0.4) is 0 Å². The molecular weight excluding hydrogens is 418 g/mol. The summed E-state index contributed by atoms with van der Waals surface area (Å²) in [7, 11) is 0. The first kappa shape index (κ1) is 22.6. The Morgan fingerprint density at radius 2 is 1.77 bits per heavy atom. The highest BCUT2D eigenvalue weighted by Gasteiger charge is 2.19. The number of carbonyl (C=O) groups excluding carboxylic acids is 1. The van der Waals surface area contributed by atoms with E-state index in [0.717, 1.165) is 43.3 Å². The molecule has 1 fully saturated rings. The van der Waals surface area contributed by atoms with E-state index in [-0.39, 0.29) is 18.1 Å². The minimum Gasteiger partial charge on any atom is -0.296 e. The first-order valence-corrected chi connectivity index (χ1v) is 10.3. The van der Waals surface area contributed by atoms with E-state index in [0.29, 0.717) is 5.56 Å². The summed E-state index contributed by atoms with van der Waals surface area (Å²) in [6.45, 7) is 4.38. The van der Waals surface area contributed by atoms with Crippen LogP contribution in [0.15, 0.2) is 59.7 Å². The van der Waals surface area contributed by atoms with E-state index in [4.69, 9.17) is 11.6 Å². The van der Waals surface area contributed by atoms with Crippen molar-refractivity contribution >= 4 is 35.5 Å². The maximum Gasteiger partial charge on any atom is 0.276 e. The molecule has 0 radical (unpaired) electrons. The van der Waals surface area contributed by atoms with Gasteiger partial charge in [-0.3, -0.25) is 24.7 Å². The molecule has 1 amide bonds. The fourth-order valence-electron chi connectivity index (χ4n) is 3.31. The van der Waals surface area contributed by atoms with Gasteiger partial charge in [-0.15, -0.1) is 0 Å². The number of allylic oxidation sites excluding steroid dienone is 1. The molecule has 0 spiro atoms. The largest absolute Gasteiger partial charge is 0.296 e. The van der Waals surface area contributed by atoms with Gasteiger partial charge in [0.15, 0.2) is 0 Å². The number of nitrogens with one attached hydrogen (secondary N) is 1. The lowest BCUT2D eigenvalue weighted by molar-refractivity contribution is -0.385. The Hall–Kier alpha value is -3.07. The number of benzene rings is 2. The van der Waals surface area contributed by atoms with E-state index in [1.165, 1.54) is 12.3 Å². The van der Waals surface area contributed by atoms with Crippen molar-refractivity contribution in [2.24, 2.45) is 5.10 Å². The Balaban J connectivity index is 1.39. The molecule has 0 bridgehead atoms. The number of halogens is 1. The van der Waals surface area contributed by atoms with Gasteiger partial charge in [0, 0.05) is 50.0 Å². The van der Waals surface area contributed by atoms with Crippen LogP contribution in [0, 0.1) is 10.1 Å². The molecule has 0 aromatic heterocycles. The third kappa shape index (κ3) is 6.99. The second-order valence-corrected chi connectivity index (χ2v) is 7.54. The minimum atomic E-state index is -0.438. The highest BCUT2D eigenvalue weighted by atomic mass is 35.5. The zero-order valence-corrected chi connectivity index (χ0v) is 17.7. The minimum absolute atomic E-state index is 0.0184. The second kappa shape index (κ2) is 11.4. The first-order chi connectivity index (χ1) is 15.0. The Labute approximate surface area is 185 Å². The van der Waals surface area contributed by atoms with E-state index >= 15 is 0 Å². The first-order valence-electron chi connectivity index (χ1n) is 9.93. The van der Waals surface area contributed by atoms with Crippen LogP contribution in [-0.4, -0.2) is 59.6 Å². The normalized spacial score (nSPS) is 15.5. The fourth-order valence-corrected chi connectivity index (χ4v) is 3.50. The number of hydrazone groups is 1. The van der Waals surface area contributed by atoms with Gasteiger partial charge in [-0.25, -0.2) is 5.43 Å². The summed E-state index contributed by atoms with van der Waals surface area (Å²) < 4.78 is 0. The lowest BCUT2D eigenvalue weighted by Gasteiger charge is -2.34. The second-order valence-electron chi connectivity index (χ2n) is 7.13. The highest BCUT2D eigenvalue weighted by molar-refractivity contribution is 6.31. The molecule has 1 aliphatic rings. The zero-order valence-electron chi connectivity index (χ0n) is 17.0. The number of nitro groups is 1. The Bertz CT molecular complexity index is 971. The van der Waals surface area contributed by atoms with Crippen LogP contribution in [-0.2, 0) is 11.3 Å². The molecular formula is C22H24ClN5O3. The van der Waals surface area contributed by atoms with Gasteiger partial charge in [-0.2, -0.15) is 5.10 Å². The van der Waals surface area contributed by atoms with Gasteiger partial charge in [-0.05, 0) is 29.8 Å². The van der Waals surface area contributed by atoms with Gasteiger partial charge in [0.1, 0.15) is 0 Å². The van der Waals surface area contributed by atoms with E-state index < -0.39 is 4.92 Å². The van der Waals surface area contributed by atoms with Crippen LogP contribution >= 0.6 is 11.6 Å². The third-order valence-corrected chi connectivity index (χ3v) is 5.31. The standard InChI is InChI=1S/C22H24ClN5O3/c23-20-9-3-1-7-19(20)16-26-12-14-27(15-13-26)17-22(29)25-24-11-5-8-18-6-2-4-10-21(18)28(30)31/h1-11H,12-17H2,(H,25,29)/b8-5+,24-11-. The topological polar surface area (TPSA) is 91.1 Å². The van der Waals surface area contributed by atoms with Gasteiger partial charge in [-0.1, -0.05) is 41.9 Å². The molecule has 8 nitrogen and oxygen atoms in total. The predicted molar refractivity (Wildman–Crippen MR) is 122 cm³/mol. The molecule has 9 heteroatoms. The quantitative estimate of drug-likeness (QED) is 0.386. The van der Waals surface area contributed by atoms with E-state index in [1.807, 2.05) is 24.3 Å². The molecule has 2 aromatic carbocycles. The average Bonchev–Trinajstić information content (AvgIpc) is 2.76. The molecule has 3 rings (SSSR count). The Morgan fingerprint density at radius 3 is 2.52 bits per heavy atom. The van der Waals surface area contributed by atoms with Crippen LogP contribution in [0.25, 0.3) is 6.08 Å². The van der Waals surface area contributed by atoms with Crippen molar-refractivity contribution in [3.05, 3.63) is 80.9 Å². The van der Waals surface area contributed by atoms with Gasteiger partial charge in [0.2, 0.25) is 0 Å². The van der Waals surface area contributed by atoms with Crippen molar-refractivity contribution in [2.75, 3.05) is 32.7 Å². The lowest BCUT2D eigenvalue weighted by Crippen LogP contribution is -2.48. The summed E-state index contributed by atoms with van der Waals surface area (Å²) in [5.74, 6) is -0.199. The number of carbonyl (C=O) groups is 1. The molecule has 0 aliphatic carbocycles. The maximum atomic E-state index is 12.1. The SMILES string of the molecule is O=C(CN1CCN(Cc2ccccc2Cl)CC1)N/N=C\C=C\c1ccccc1[N+](=O)[O-]. The summed E-state index contributed by atoms with van der Waals surface area (Å²) in [5, 5.41) is 15.6. The zero-order chi connectivity index (χ0) is 22.1. The van der Waals surface area contributed by atoms with E-state index in [1.54, 1.807) is 30.4 Å². The van der Waals surface area contributed by atoms with Crippen molar-refractivity contribution in [3.8, 4) is 0 Å². The van der Waals surface area contributed by atoms with Crippen LogP contribution in [0.2, 0.25) is 5.02 Å². The number of nitro benzene ring substituents is 1. The molecule has 1 saturated heterocycles. The third-order valence-electron chi connectivity index (χ3n) is 4.94. The molecule has 162 valence electrons. The van der Waals surface area contributed by atoms with Crippen molar-refractivity contribution in [1.82, 2.24) is 15.2 Å². The Morgan fingerprint density at radius 1 is 1.10 bits per heavy atom. The molecule has 2 aromatic rings. The summed E-state index contributed by atoms with van der Waals surface area (Å²) in [5.41, 5.74) is 4.09. The van der Waals surface area contributed by atoms with Crippen molar-refractivity contribution in [2.45, 2.75) is 6.54 Å². The van der Waals surface area contributed by atoms with Crippen molar-refractivity contribution in [3.63, 3.8) is 0 Å². The maximum absolute atomic E-state index is 12.1. The van der Waals surface area contributed by atoms with Crippen LogP contribution in [0.5, 0.6) is 0 Å². The molecule has 1 heterocycles. The predicted octanol–water partition coefficient (Wildman–Crippen LogP) is 3.18. The lowest BCUT2D eigenvalue weighted by atomic mass is 10.2. The van der Waals surface area contributed by atoms with Gasteiger partial charge in [0.25, 0.3) is 11.6 Å². The molecule has 1 aliphatic heterocycles. The number of amides is 1. The Kier molecular flexibility index (Phi) is 8.28. The number of hydrogen-bond acceptors (Lipinski definition) is 6. The fraction of sp³-hybridized carbons (Fsp3) is 0.273. The number of rotatable bonds is 8. The summed E-state index contributed by atoms with van der Waals surface area (Å²) in [6, 6.07) is 14.3. The van der Waals surface area contributed by atoms with Crippen molar-refractivity contribution in [1.29, 1.82) is 0 Å². The monoisotopic (exact) mass is 441 g/mol. The molecule has 0 saturated carbocycles. The summed E-state index contributed by atoms with van der Waals surface area (Å²) >= 11 is 6.23. The summed E-state index contributed by atoms with van der Waals surface area (Å²) in [4.78, 5) is 27.0. The van der Waals surface area contributed by atoms with Gasteiger partial charge < -0.3 is 0 Å². The number of nitrogens with zero attached hydrogens (tertiary/aromatic N) is 4. The smallest absolute Gasteiger partial charge is 0.276 e. The number of para-hydroxylation sites is 1. The van der Waals surface area contributed by atoms with Crippen molar-refractivity contribution < 1.29 is 9.72 Å². The number of piperazine rings is 1. The van der Waals surface area contributed by atoms with Crippen LogP contribution in [0.1, 0.15) is 11.1 Å². The average molecular weight is 442 g/mol. The van der Waals surface area contributed by atoms with E-state index in [9.17, 15) is 14.9 Å². The highest BCUT2D eigenvalue weighted by Crippen LogP contribution is 2.19. The molecule has 1 N–H and O–H groups in total. The molecule has 0 atom stereocenters. The van der Waals surface area contributed by atoms with Gasteiger partial charge in [0.05, 0.1) is 17.0 Å².